The van der Waals surface area contributed by atoms with Crippen molar-refractivity contribution in [3.8, 4) is 0 Å². The zero-order valence-electron chi connectivity index (χ0n) is 14.5. The van der Waals surface area contributed by atoms with E-state index in [0.717, 1.165) is 12.1 Å². The maximum absolute atomic E-state index is 12.7. The van der Waals surface area contributed by atoms with Crippen molar-refractivity contribution < 1.29 is 27.5 Å². The van der Waals surface area contributed by atoms with Crippen LogP contribution in [0.25, 0.3) is 0 Å². The topological polar surface area (TPSA) is 61.9 Å². The summed E-state index contributed by atoms with van der Waals surface area (Å²) in [5, 5.41) is 2.64. The number of methoxy groups -OCH3 is 1. The summed E-state index contributed by atoms with van der Waals surface area (Å²) in [6.07, 6.45) is -3.78. The molecule has 0 saturated carbocycles. The highest BCUT2D eigenvalue weighted by Gasteiger charge is 2.30. The van der Waals surface area contributed by atoms with E-state index in [0.29, 0.717) is 38.2 Å². The van der Waals surface area contributed by atoms with Crippen molar-refractivity contribution in [1.29, 1.82) is 0 Å². The van der Waals surface area contributed by atoms with Crippen LogP contribution in [-0.2, 0) is 22.3 Å². The van der Waals surface area contributed by atoms with Crippen LogP contribution in [0.1, 0.15) is 17.5 Å². The average molecular weight is 373 g/mol. The first kappa shape index (κ1) is 20.0. The van der Waals surface area contributed by atoms with Crippen LogP contribution in [0.2, 0.25) is 0 Å². The molecule has 1 heterocycles. The van der Waals surface area contributed by atoms with E-state index in [2.05, 4.69) is 5.32 Å². The molecule has 0 atom stereocenters. The number of nitrogens with one attached hydrogen (secondary N) is 1. The summed E-state index contributed by atoms with van der Waals surface area (Å²) >= 11 is 0. The van der Waals surface area contributed by atoms with E-state index in [-0.39, 0.29) is 25.1 Å². The van der Waals surface area contributed by atoms with Crippen LogP contribution in [-0.4, -0.2) is 61.6 Å². The molecule has 1 aromatic carbocycles. The Morgan fingerprint density at radius 1 is 1.15 bits per heavy atom. The third kappa shape index (κ3) is 5.62. The van der Waals surface area contributed by atoms with E-state index in [1.54, 1.807) is 9.80 Å². The molecule has 1 N–H and O–H groups in total. The third-order valence-electron chi connectivity index (χ3n) is 4.10. The van der Waals surface area contributed by atoms with Gasteiger partial charge in [-0.25, -0.2) is 4.79 Å². The predicted octanol–water partition coefficient (Wildman–Crippen LogP) is 2.10. The number of alkyl halides is 3. The summed E-state index contributed by atoms with van der Waals surface area (Å²) < 4.78 is 43.0. The number of ether oxygens (including phenoxy) is 1. The van der Waals surface area contributed by atoms with E-state index in [9.17, 15) is 22.8 Å². The van der Waals surface area contributed by atoms with Crippen LogP contribution in [0, 0.1) is 0 Å². The van der Waals surface area contributed by atoms with Gasteiger partial charge in [0.2, 0.25) is 5.91 Å². The molecule has 9 heteroatoms. The Kier molecular flexibility index (Phi) is 6.84. The molecule has 1 aliphatic heterocycles. The van der Waals surface area contributed by atoms with Gasteiger partial charge < -0.3 is 19.9 Å². The van der Waals surface area contributed by atoms with Gasteiger partial charge in [-0.05, 0) is 24.1 Å². The molecule has 6 nitrogen and oxygen atoms in total. The molecule has 1 aliphatic rings. The van der Waals surface area contributed by atoms with Crippen LogP contribution in [0.4, 0.5) is 18.0 Å². The molecule has 0 aromatic heterocycles. The second kappa shape index (κ2) is 8.88. The normalized spacial score (nSPS) is 15.5. The van der Waals surface area contributed by atoms with Gasteiger partial charge in [-0.1, -0.05) is 12.1 Å². The number of hydrogen-bond acceptors (Lipinski definition) is 3. The van der Waals surface area contributed by atoms with E-state index in [1.807, 2.05) is 0 Å². The van der Waals surface area contributed by atoms with Crippen LogP contribution >= 0.6 is 0 Å². The van der Waals surface area contributed by atoms with E-state index in [4.69, 9.17) is 4.74 Å². The number of urea groups is 1. The Balaban J connectivity index is 1.87. The molecule has 0 radical (unpaired) electrons. The number of halogens is 3. The summed E-state index contributed by atoms with van der Waals surface area (Å²) in [7, 11) is 1.45. The number of carbonyl (C=O) groups is 2. The van der Waals surface area contributed by atoms with Gasteiger partial charge in [0, 0.05) is 39.8 Å². The lowest BCUT2D eigenvalue weighted by atomic mass is 10.1. The fourth-order valence-electron chi connectivity index (χ4n) is 2.73. The van der Waals surface area contributed by atoms with Crippen molar-refractivity contribution in [2.45, 2.75) is 19.1 Å². The molecule has 0 spiro atoms. The zero-order valence-corrected chi connectivity index (χ0v) is 14.5. The second-order valence-corrected chi connectivity index (χ2v) is 6.01. The molecule has 2 rings (SSSR count). The maximum Gasteiger partial charge on any atom is 0.416 e. The highest BCUT2D eigenvalue weighted by atomic mass is 19.4. The number of rotatable bonds is 4. The number of nitrogens with zero attached hydrogens (tertiary/aromatic N) is 2. The van der Waals surface area contributed by atoms with Gasteiger partial charge in [0.05, 0.1) is 5.56 Å². The Morgan fingerprint density at radius 2 is 1.85 bits per heavy atom. The molecular weight excluding hydrogens is 351 g/mol. The minimum absolute atomic E-state index is 0.00173. The quantitative estimate of drug-likeness (QED) is 0.879. The number of benzene rings is 1. The molecular formula is C17H22F3N3O3. The molecule has 0 unspecified atom stereocenters. The largest absolute Gasteiger partial charge is 0.416 e. The molecule has 1 aromatic rings. The van der Waals surface area contributed by atoms with Crippen molar-refractivity contribution >= 4 is 11.9 Å². The minimum atomic E-state index is -4.41. The van der Waals surface area contributed by atoms with Gasteiger partial charge in [-0.3, -0.25) is 4.79 Å². The lowest BCUT2D eigenvalue weighted by Crippen LogP contribution is -2.42. The van der Waals surface area contributed by atoms with Gasteiger partial charge in [0.1, 0.15) is 6.61 Å². The Labute approximate surface area is 149 Å². The molecule has 26 heavy (non-hydrogen) atoms. The van der Waals surface area contributed by atoms with Gasteiger partial charge in [0.25, 0.3) is 0 Å². The fourth-order valence-corrected chi connectivity index (χ4v) is 2.73. The molecule has 0 bridgehead atoms. The predicted molar refractivity (Wildman–Crippen MR) is 88.3 cm³/mol. The highest BCUT2D eigenvalue weighted by molar-refractivity contribution is 5.78. The molecule has 0 aliphatic carbocycles. The van der Waals surface area contributed by atoms with Crippen LogP contribution < -0.4 is 5.32 Å². The van der Waals surface area contributed by atoms with Gasteiger partial charge in [-0.2, -0.15) is 13.2 Å². The first-order valence-electron chi connectivity index (χ1n) is 8.27. The SMILES string of the molecule is COCC(=O)N1CCCN(C(=O)NCc2cccc(C(F)(F)F)c2)CC1. The molecule has 1 fully saturated rings. The summed E-state index contributed by atoms with van der Waals surface area (Å²) in [4.78, 5) is 27.3. The van der Waals surface area contributed by atoms with Crippen molar-refractivity contribution in [2.75, 3.05) is 39.9 Å². The lowest BCUT2D eigenvalue weighted by molar-refractivity contribution is -0.137. The smallest absolute Gasteiger partial charge is 0.375 e. The first-order chi connectivity index (χ1) is 12.3. The van der Waals surface area contributed by atoms with Crippen LogP contribution in [0.5, 0.6) is 0 Å². The maximum atomic E-state index is 12.7. The van der Waals surface area contributed by atoms with Gasteiger partial charge >= 0.3 is 12.2 Å². The monoisotopic (exact) mass is 373 g/mol. The summed E-state index contributed by atoms with van der Waals surface area (Å²) in [6, 6.07) is 4.50. The van der Waals surface area contributed by atoms with Crippen molar-refractivity contribution in [3.63, 3.8) is 0 Å². The summed E-state index contributed by atoms with van der Waals surface area (Å²) in [5.41, 5.74) is -0.369. The Hall–Kier alpha value is -2.29. The third-order valence-corrected chi connectivity index (χ3v) is 4.10. The van der Waals surface area contributed by atoms with E-state index >= 15 is 0 Å². The van der Waals surface area contributed by atoms with E-state index < -0.39 is 11.7 Å². The second-order valence-electron chi connectivity index (χ2n) is 6.01. The van der Waals surface area contributed by atoms with Crippen molar-refractivity contribution in [2.24, 2.45) is 0 Å². The summed E-state index contributed by atoms with van der Waals surface area (Å²) in [5.74, 6) is -0.126. The van der Waals surface area contributed by atoms with Crippen molar-refractivity contribution in [1.82, 2.24) is 15.1 Å². The standard InChI is InChI=1S/C17H22F3N3O3/c1-26-12-15(24)22-6-3-7-23(9-8-22)16(25)21-11-13-4-2-5-14(10-13)17(18,19)20/h2,4-5,10H,3,6-9,11-12H2,1H3,(H,21,25). The molecule has 3 amide bonds. The van der Waals surface area contributed by atoms with Gasteiger partial charge in [0.15, 0.2) is 0 Å². The summed E-state index contributed by atoms with van der Waals surface area (Å²) in [6.45, 7) is 1.79. The number of hydrogen-bond donors (Lipinski definition) is 1. The molecule has 1 saturated heterocycles. The Bertz CT molecular complexity index is 637. The van der Waals surface area contributed by atoms with Gasteiger partial charge in [-0.15, -0.1) is 0 Å². The fraction of sp³-hybridized carbons (Fsp3) is 0.529. The average Bonchev–Trinajstić information content (AvgIpc) is 2.86. The van der Waals surface area contributed by atoms with E-state index in [1.165, 1.54) is 19.2 Å². The van der Waals surface area contributed by atoms with Crippen LogP contribution in [0.15, 0.2) is 24.3 Å². The number of amides is 3. The number of carbonyl (C=O) groups excluding carboxylic acids is 2. The molecule has 144 valence electrons. The lowest BCUT2D eigenvalue weighted by Gasteiger charge is -2.22. The van der Waals surface area contributed by atoms with Crippen LogP contribution in [0.3, 0.4) is 0 Å². The first-order valence-corrected chi connectivity index (χ1v) is 8.27. The van der Waals surface area contributed by atoms with Crippen molar-refractivity contribution in [3.05, 3.63) is 35.4 Å². The minimum Gasteiger partial charge on any atom is -0.375 e. The Morgan fingerprint density at radius 3 is 2.54 bits per heavy atom. The highest BCUT2D eigenvalue weighted by Crippen LogP contribution is 2.29. The zero-order chi connectivity index (χ0) is 19.2.